The Labute approximate surface area is 161 Å². The van der Waals surface area contributed by atoms with E-state index in [0.717, 1.165) is 35.8 Å². The Kier molecular flexibility index (Phi) is 3.62. The van der Waals surface area contributed by atoms with Gasteiger partial charge in [0.05, 0.1) is 29.7 Å². The molecule has 4 aromatic rings. The first-order valence-corrected chi connectivity index (χ1v) is 9.07. The van der Waals surface area contributed by atoms with E-state index in [1.54, 1.807) is 10.9 Å². The lowest BCUT2D eigenvalue weighted by Gasteiger charge is -2.39. The minimum atomic E-state index is 0.370. The summed E-state index contributed by atoms with van der Waals surface area (Å²) in [6.45, 7) is 10.7. The predicted octanol–water partition coefficient (Wildman–Crippen LogP) is 3.01. The lowest BCUT2D eigenvalue weighted by molar-refractivity contribution is 0.485. The van der Waals surface area contributed by atoms with Gasteiger partial charge >= 0.3 is 0 Å². The topological polar surface area (TPSA) is 69.0 Å². The van der Waals surface area contributed by atoms with Gasteiger partial charge in [0.2, 0.25) is 5.69 Å². The second-order valence-corrected chi connectivity index (χ2v) is 7.01. The number of aromatic nitrogens is 6. The van der Waals surface area contributed by atoms with Crippen LogP contribution in [0.2, 0.25) is 0 Å². The number of benzene rings is 1. The van der Waals surface area contributed by atoms with Gasteiger partial charge in [0.1, 0.15) is 17.5 Å². The van der Waals surface area contributed by atoms with Crippen LogP contribution in [-0.4, -0.2) is 42.4 Å². The van der Waals surface area contributed by atoms with E-state index in [-0.39, 0.29) is 0 Å². The largest absolute Gasteiger partial charge is 0.355 e. The molecule has 0 bridgehead atoms. The third-order valence-electron chi connectivity index (χ3n) is 5.14. The fourth-order valence-electron chi connectivity index (χ4n) is 3.67. The number of hydrogen-bond donors (Lipinski definition) is 0. The van der Waals surface area contributed by atoms with Gasteiger partial charge in [0.15, 0.2) is 5.82 Å². The quantitative estimate of drug-likeness (QED) is 0.519. The zero-order chi connectivity index (χ0) is 19.3. The fraction of sp³-hybridized carbons (Fsp3) is 0.250. The number of para-hydroxylation sites is 2. The minimum Gasteiger partial charge on any atom is -0.355 e. The van der Waals surface area contributed by atoms with E-state index in [1.165, 1.54) is 6.20 Å². The van der Waals surface area contributed by atoms with E-state index in [2.05, 4.69) is 48.6 Å². The normalized spacial score (nSPS) is 14.2. The monoisotopic (exact) mass is 370 g/mol. The predicted molar refractivity (Wildman–Crippen MR) is 106 cm³/mol. The lowest BCUT2D eigenvalue weighted by Crippen LogP contribution is -2.46. The average molecular weight is 370 g/mol. The molecule has 1 fully saturated rings. The van der Waals surface area contributed by atoms with Crippen molar-refractivity contribution in [3.05, 3.63) is 65.8 Å². The van der Waals surface area contributed by atoms with Gasteiger partial charge in [0, 0.05) is 32.4 Å². The molecule has 0 aliphatic carbocycles. The summed E-state index contributed by atoms with van der Waals surface area (Å²) < 4.78 is 3.80. The van der Waals surface area contributed by atoms with Gasteiger partial charge in [-0.2, -0.15) is 5.10 Å². The van der Waals surface area contributed by atoms with Crippen LogP contribution < -0.4 is 4.90 Å². The van der Waals surface area contributed by atoms with E-state index < -0.39 is 0 Å². The molecule has 0 N–H and O–H groups in total. The third kappa shape index (κ3) is 2.60. The summed E-state index contributed by atoms with van der Waals surface area (Å²) in [6, 6.07) is 10.1. The molecule has 8 nitrogen and oxygen atoms in total. The zero-order valence-electron chi connectivity index (χ0n) is 15.6. The standard InChI is InChI=1S/C20H18N8/c1-13-23-18(8-19(24-13)28-12-15(21-2)9-22-28)27-10-14(11-27)20-25-16-6-4-5-7-17(16)26(20)3/h4-9,12,14H,10-11H2,1,3H3. The van der Waals surface area contributed by atoms with Gasteiger partial charge in [0.25, 0.3) is 0 Å². The first-order valence-electron chi connectivity index (χ1n) is 9.07. The molecule has 0 atom stereocenters. The summed E-state index contributed by atoms with van der Waals surface area (Å²) >= 11 is 0. The Bertz CT molecular complexity index is 1220. The van der Waals surface area contributed by atoms with Crippen molar-refractivity contribution in [1.82, 2.24) is 29.3 Å². The van der Waals surface area contributed by atoms with Crippen LogP contribution in [0.15, 0.2) is 42.7 Å². The number of rotatable bonds is 3. The molecule has 3 aromatic heterocycles. The van der Waals surface area contributed by atoms with Crippen molar-refractivity contribution >= 4 is 22.5 Å². The lowest BCUT2D eigenvalue weighted by atomic mass is 9.99. The molecule has 1 aliphatic heterocycles. The van der Waals surface area contributed by atoms with E-state index >= 15 is 0 Å². The number of hydrogen-bond acceptors (Lipinski definition) is 5. The summed E-state index contributed by atoms with van der Waals surface area (Å²) in [6.07, 6.45) is 3.21. The maximum Gasteiger partial charge on any atom is 0.224 e. The zero-order valence-corrected chi connectivity index (χ0v) is 15.6. The van der Waals surface area contributed by atoms with Gasteiger partial charge < -0.3 is 9.47 Å². The summed E-state index contributed by atoms with van der Waals surface area (Å²) in [4.78, 5) is 19.5. The second-order valence-electron chi connectivity index (χ2n) is 7.01. The van der Waals surface area contributed by atoms with Crippen LogP contribution in [0.3, 0.4) is 0 Å². The van der Waals surface area contributed by atoms with Gasteiger partial charge in [-0.15, -0.1) is 0 Å². The first kappa shape index (κ1) is 16.4. The fourth-order valence-corrected chi connectivity index (χ4v) is 3.67. The van der Waals surface area contributed by atoms with Crippen LogP contribution in [0.5, 0.6) is 0 Å². The summed E-state index contributed by atoms with van der Waals surface area (Å²) in [5.41, 5.74) is 2.68. The highest BCUT2D eigenvalue weighted by atomic mass is 15.3. The highest BCUT2D eigenvalue weighted by Crippen LogP contribution is 2.32. The molecule has 8 heteroatoms. The maximum atomic E-state index is 7.10. The molecule has 4 heterocycles. The van der Waals surface area contributed by atoms with Crippen LogP contribution >= 0.6 is 0 Å². The van der Waals surface area contributed by atoms with E-state index in [0.29, 0.717) is 23.2 Å². The smallest absolute Gasteiger partial charge is 0.224 e. The summed E-state index contributed by atoms with van der Waals surface area (Å²) in [5.74, 6) is 3.70. The molecular weight excluding hydrogens is 352 g/mol. The molecule has 0 spiro atoms. The number of anilines is 1. The molecule has 0 saturated carbocycles. The molecule has 1 aliphatic rings. The molecule has 0 unspecified atom stereocenters. The molecule has 1 saturated heterocycles. The Hall–Kier alpha value is -3.73. The molecule has 28 heavy (non-hydrogen) atoms. The molecule has 5 rings (SSSR count). The van der Waals surface area contributed by atoms with Crippen molar-refractivity contribution in [2.45, 2.75) is 12.8 Å². The van der Waals surface area contributed by atoms with Crippen molar-refractivity contribution in [1.29, 1.82) is 0 Å². The van der Waals surface area contributed by atoms with E-state index in [4.69, 9.17) is 11.6 Å². The summed E-state index contributed by atoms with van der Waals surface area (Å²) in [7, 11) is 2.08. The Balaban J connectivity index is 1.40. The Morgan fingerprint density at radius 3 is 2.64 bits per heavy atom. The molecule has 0 amide bonds. The van der Waals surface area contributed by atoms with Crippen LogP contribution in [0.25, 0.3) is 21.7 Å². The Morgan fingerprint density at radius 2 is 1.89 bits per heavy atom. The van der Waals surface area contributed by atoms with Crippen molar-refractivity contribution in [2.75, 3.05) is 18.0 Å². The molecular formula is C20H18N8. The number of aryl methyl sites for hydroxylation is 2. The molecule has 0 radical (unpaired) electrons. The second kappa shape index (κ2) is 6.16. The highest BCUT2D eigenvalue weighted by Gasteiger charge is 2.33. The van der Waals surface area contributed by atoms with Gasteiger partial charge in [-0.05, 0) is 19.1 Å². The van der Waals surface area contributed by atoms with Crippen LogP contribution in [0.1, 0.15) is 17.6 Å². The van der Waals surface area contributed by atoms with Gasteiger partial charge in [-0.3, -0.25) is 0 Å². The molecule has 1 aromatic carbocycles. The van der Waals surface area contributed by atoms with Crippen molar-refractivity contribution in [3.63, 3.8) is 0 Å². The number of imidazole rings is 1. The van der Waals surface area contributed by atoms with Crippen molar-refractivity contribution < 1.29 is 0 Å². The van der Waals surface area contributed by atoms with E-state index in [9.17, 15) is 0 Å². The van der Waals surface area contributed by atoms with Crippen LogP contribution in [0.4, 0.5) is 11.5 Å². The SMILES string of the molecule is [C-]#[N+]c1cnn(-c2cc(N3CC(c4nc5ccccc5n4C)C3)nc(C)n2)c1. The maximum absolute atomic E-state index is 7.10. The highest BCUT2D eigenvalue weighted by molar-refractivity contribution is 5.76. The van der Waals surface area contributed by atoms with Crippen molar-refractivity contribution in [2.24, 2.45) is 7.05 Å². The minimum absolute atomic E-state index is 0.370. The number of nitrogens with zero attached hydrogens (tertiary/aromatic N) is 8. The third-order valence-corrected chi connectivity index (χ3v) is 5.14. The van der Waals surface area contributed by atoms with Crippen LogP contribution in [0, 0.1) is 13.5 Å². The van der Waals surface area contributed by atoms with Crippen LogP contribution in [-0.2, 0) is 7.05 Å². The average Bonchev–Trinajstić information content (AvgIpc) is 3.26. The number of fused-ring (bicyclic) bond motifs is 1. The van der Waals surface area contributed by atoms with Crippen molar-refractivity contribution in [3.8, 4) is 5.82 Å². The Morgan fingerprint density at radius 1 is 1.11 bits per heavy atom. The van der Waals surface area contributed by atoms with Gasteiger partial charge in [-0.1, -0.05) is 12.1 Å². The first-order chi connectivity index (χ1) is 13.6. The molecule has 138 valence electrons. The summed E-state index contributed by atoms with van der Waals surface area (Å²) in [5, 5.41) is 4.22. The van der Waals surface area contributed by atoms with Gasteiger partial charge in [-0.25, -0.2) is 24.5 Å². The van der Waals surface area contributed by atoms with E-state index in [1.807, 2.05) is 25.1 Å².